The van der Waals surface area contributed by atoms with Gasteiger partial charge in [0, 0.05) is 23.5 Å². The van der Waals surface area contributed by atoms with Crippen LogP contribution in [0.15, 0.2) is 30.5 Å². The maximum Gasteiger partial charge on any atom is 0.0946 e. The van der Waals surface area contributed by atoms with E-state index < -0.39 is 0 Å². The van der Waals surface area contributed by atoms with Crippen molar-refractivity contribution >= 4 is 11.3 Å². The van der Waals surface area contributed by atoms with Gasteiger partial charge in [0.1, 0.15) is 0 Å². The molecule has 0 spiro atoms. The standard InChI is InChI=1S/C15H20N2S/c1-10(2)12-4-6-13(7-5-12)14(16)8-15-17-9-11(3)18-15/h4-7,9-10,14H,8,16H2,1-3H3. The quantitative estimate of drug-likeness (QED) is 0.907. The summed E-state index contributed by atoms with van der Waals surface area (Å²) in [5, 5.41) is 1.12. The predicted octanol–water partition coefficient (Wildman–Crippen LogP) is 3.82. The van der Waals surface area contributed by atoms with Gasteiger partial charge in [-0.2, -0.15) is 0 Å². The van der Waals surface area contributed by atoms with Crippen molar-refractivity contribution in [1.82, 2.24) is 4.98 Å². The zero-order valence-corrected chi connectivity index (χ0v) is 12.0. The molecule has 1 heterocycles. The number of nitrogens with two attached hydrogens (primary N) is 1. The molecule has 2 rings (SSSR count). The van der Waals surface area contributed by atoms with E-state index in [1.165, 1.54) is 16.0 Å². The summed E-state index contributed by atoms with van der Waals surface area (Å²) in [7, 11) is 0. The van der Waals surface area contributed by atoms with E-state index >= 15 is 0 Å². The molecule has 1 atom stereocenters. The van der Waals surface area contributed by atoms with Gasteiger partial charge in [-0.15, -0.1) is 11.3 Å². The number of hydrogen-bond acceptors (Lipinski definition) is 3. The molecule has 1 aromatic carbocycles. The van der Waals surface area contributed by atoms with Gasteiger partial charge in [0.2, 0.25) is 0 Å². The van der Waals surface area contributed by atoms with Crippen molar-refractivity contribution in [3.05, 3.63) is 51.5 Å². The van der Waals surface area contributed by atoms with Gasteiger partial charge in [-0.1, -0.05) is 38.1 Å². The maximum absolute atomic E-state index is 6.23. The Hall–Kier alpha value is -1.19. The summed E-state index contributed by atoms with van der Waals surface area (Å²) in [4.78, 5) is 5.61. The van der Waals surface area contributed by atoms with Gasteiger partial charge in [-0.25, -0.2) is 4.98 Å². The lowest BCUT2D eigenvalue weighted by atomic mass is 9.98. The number of hydrogen-bond donors (Lipinski definition) is 1. The van der Waals surface area contributed by atoms with E-state index in [4.69, 9.17) is 5.73 Å². The molecule has 0 bridgehead atoms. The summed E-state index contributed by atoms with van der Waals surface area (Å²) in [6.07, 6.45) is 2.73. The number of aryl methyl sites for hydroxylation is 1. The number of nitrogens with zero attached hydrogens (tertiary/aromatic N) is 1. The lowest BCUT2D eigenvalue weighted by Gasteiger charge is -2.12. The second-order valence-corrected chi connectivity index (χ2v) is 6.32. The Morgan fingerprint density at radius 2 is 1.78 bits per heavy atom. The summed E-state index contributed by atoms with van der Waals surface area (Å²) in [5.74, 6) is 0.567. The fourth-order valence-corrected chi connectivity index (χ4v) is 2.78. The van der Waals surface area contributed by atoms with Crippen LogP contribution in [0.1, 0.15) is 46.8 Å². The Labute approximate surface area is 113 Å². The fraction of sp³-hybridized carbons (Fsp3) is 0.400. The molecule has 2 N–H and O–H groups in total. The Morgan fingerprint density at radius 3 is 2.28 bits per heavy atom. The lowest BCUT2D eigenvalue weighted by Crippen LogP contribution is -2.13. The van der Waals surface area contributed by atoms with Crippen molar-refractivity contribution in [1.29, 1.82) is 0 Å². The normalized spacial score (nSPS) is 12.9. The molecule has 0 fully saturated rings. The predicted molar refractivity (Wildman–Crippen MR) is 78.0 cm³/mol. The smallest absolute Gasteiger partial charge is 0.0946 e. The molecule has 0 aliphatic heterocycles. The van der Waals surface area contributed by atoms with Gasteiger partial charge in [0.05, 0.1) is 5.01 Å². The number of thiazole rings is 1. The topological polar surface area (TPSA) is 38.9 Å². The molecular weight excluding hydrogens is 240 g/mol. The molecule has 0 saturated heterocycles. The first kappa shape index (κ1) is 13.2. The van der Waals surface area contributed by atoms with Crippen LogP contribution >= 0.6 is 11.3 Å². The lowest BCUT2D eigenvalue weighted by molar-refractivity contribution is 0.716. The minimum Gasteiger partial charge on any atom is -0.324 e. The third kappa shape index (κ3) is 3.18. The van der Waals surface area contributed by atoms with Gasteiger partial charge in [-0.05, 0) is 24.0 Å². The number of benzene rings is 1. The summed E-state index contributed by atoms with van der Waals surface area (Å²) in [6.45, 7) is 6.48. The van der Waals surface area contributed by atoms with Crippen LogP contribution in [0.3, 0.4) is 0 Å². The first-order valence-electron chi connectivity index (χ1n) is 6.33. The van der Waals surface area contributed by atoms with Crippen molar-refractivity contribution in [2.75, 3.05) is 0 Å². The van der Waals surface area contributed by atoms with Crippen LogP contribution in [-0.4, -0.2) is 4.98 Å². The summed E-state index contributed by atoms with van der Waals surface area (Å²) in [6, 6.07) is 8.66. The minimum absolute atomic E-state index is 0.0387. The van der Waals surface area contributed by atoms with E-state index in [0.717, 1.165) is 11.4 Å². The molecular formula is C15H20N2S. The van der Waals surface area contributed by atoms with Crippen molar-refractivity contribution in [2.24, 2.45) is 5.73 Å². The van der Waals surface area contributed by atoms with E-state index in [1.54, 1.807) is 11.3 Å². The van der Waals surface area contributed by atoms with Crippen molar-refractivity contribution in [3.8, 4) is 0 Å². The molecule has 3 heteroatoms. The van der Waals surface area contributed by atoms with Crippen LogP contribution in [0.25, 0.3) is 0 Å². The van der Waals surface area contributed by atoms with Crippen LogP contribution in [0.2, 0.25) is 0 Å². The van der Waals surface area contributed by atoms with E-state index in [0.29, 0.717) is 5.92 Å². The van der Waals surface area contributed by atoms with Crippen LogP contribution in [0, 0.1) is 6.92 Å². The molecule has 1 unspecified atom stereocenters. The van der Waals surface area contributed by atoms with Gasteiger partial charge in [-0.3, -0.25) is 0 Å². The average molecular weight is 260 g/mol. The molecule has 0 radical (unpaired) electrons. The Morgan fingerprint density at radius 1 is 1.17 bits per heavy atom. The second-order valence-electron chi connectivity index (χ2n) is 5.00. The van der Waals surface area contributed by atoms with Gasteiger partial charge >= 0.3 is 0 Å². The highest BCUT2D eigenvalue weighted by Gasteiger charge is 2.10. The largest absolute Gasteiger partial charge is 0.324 e. The third-order valence-electron chi connectivity index (χ3n) is 3.09. The van der Waals surface area contributed by atoms with Gasteiger partial charge in [0.25, 0.3) is 0 Å². The second kappa shape index (κ2) is 5.63. The highest BCUT2D eigenvalue weighted by atomic mass is 32.1. The number of aromatic nitrogens is 1. The van der Waals surface area contributed by atoms with Crippen molar-refractivity contribution in [2.45, 2.75) is 39.2 Å². The molecule has 2 nitrogen and oxygen atoms in total. The van der Waals surface area contributed by atoms with Gasteiger partial charge in [0.15, 0.2) is 0 Å². The highest BCUT2D eigenvalue weighted by molar-refractivity contribution is 7.11. The monoisotopic (exact) mass is 260 g/mol. The van der Waals surface area contributed by atoms with Crippen LogP contribution in [0.4, 0.5) is 0 Å². The highest BCUT2D eigenvalue weighted by Crippen LogP contribution is 2.22. The molecule has 2 aromatic rings. The molecule has 96 valence electrons. The zero-order valence-electron chi connectivity index (χ0n) is 11.2. The van der Waals surface area contributed by atoms with E-state index in [9.17, 15) is 0 Å². The minimum atomic E-state index is 0.0387. The summed E-state index contributed by atoms with van der Waals surface area (Å²) >= 11 is 1.73. The van der Waals surface area contributed by atoms with Crippen LogP contribution in [0.5, 0.6) is 0 Å². The SMILES string of the molecule is Cc1cnc(CC(N)c2ccc(C(C)C)cc2)s1. The van der Waals surface area contributed by atoms with E-state index in [-0.39, 0.29) is 6.04 Å². The molecule has 0 amide bonds. The maximum atomic E-state index is 6.23. The average Bonchev–Trinajstić information content (AvgIpc) is 2.75. The zero-order chi connectivity index (χ0) is 13.1. The van der Waals surface area contributed by atoms with Gasteiger partial charge < -0.3 is 5.73 Å². The first-order chi connectivity index (χ1) is 8.56. The summed E-state index contributed by atoms with van der Waals surface area (Å²) < 4.78 is 0. The molecule has 0 aliphatic carbocycles. The Balaban J connectivity index is 2.06. The van der Waals surface area contributed by atoms with Crippen LogP contribution in [-0.2, 0) is 6.42 Å². The van der Waals surface area contributed by atoms with Crippen molar-refractivity contribution < 1.29 is 0 Å². The fourth-order valence-electron chi connectivity index (χ4n) is 1.93. The first-order valence-corrected chi connectivity index (χ1v) is 7.14. The van der Waals surface area contributed by atoms with Crippen LogP contribution < -0.4 is 5.73 Å². The molecule has 1 aromatic heterocycles. The molecule has 0 saturated carbocycles. The Bertz CT molecular complexity index is 499. The molecule has 0 aliphatic rings. The van der Waals surface area contributed by atoms with Crippen molar-refractivity contribution in [3.63, 3.8) is 0 Å². The number of rotatable bonds is 4. The summed E-state index contributed by atoms with van der Waals surface area (Å²) in [5.41, 5.74) is 8.77. The third-order valence-corrected chi connectivity index (χ3v) is 4.03. The van der Waals surface area contributed by atoms with E-state index in [2.05, 4.69) is 50.0 Å². The molecule has 18 heavy (non-hydrogen) atoms. The van der Waals surface area contributed by atoms with E-state index in [1.807, 2.05) is 6.20 Å². The Kier molecular flexibility index (Phi) is 4.15.